The number of benzene rings is 2. The number of hydrogen-bond acceptors (Lipinski definition) is 3. The Morgan fingerprint density at radius 1 is 1.10 bits per heavy atom. The van der Waals surface area contributed by atoms with Crippen LogP contribution in [0.1, 0.15) is 42.5 Å². The van der Waals surface area contributed by atoms with Gasteiger partial charge < -0.3 is 24.6 Å². The fraction of sp³-hybridized carbons (Fsp3) is 0.480. The monoisotopic (exact) mass is 423 g/mol. The third-order valence-electron chi connectivity index (χ3n) is 7.18. The third-order valence-corrected chi connectivity index (χ3v) is 7.18. The minimum absolute atomic E-state index is 0.0128. The van der Waals surface area contributed by atoms with Crippen LogP contribution in [0, 0.1) is 0 Å². The molecule has 0 bridgehead atoms. The van der Waals surface area contributed by atoms with Crippen LogP contribution in [0.25, 0.3) is 0 Å². The Hall–Kier alpha value is -2.57. The minimum Gasteiger partial charge on any atom is -0.454 e. The molecule has 3 aliphatic rings. The summed E-state index contributed by atoms with van der Waals surface area (Å²) in [6.45, 7) is 7.60. The quantitative estimate of drug-likeness (QED) is 0.648. The summed E-state index contributed by atoms with van der Waals surface area (Å²) in [5.74, 6) is 1.89. The molecule has 2 aliphatic heterocycles. The van der Waals surface area contributed by atoms with E-state index in [9.17, 15) is 4.79 Å². The van der Waals surface area contributed by atoms with Gasteiger partial charge in [-0.2, -0.15) is 0 Å². The van der Waals surface area contributed by atoms with Crippen molar-refractivity contribution in [1.29, 1.82) is 0 Å². The van der Waals surface area contributed by atoms with Gasteiger partial charge in [-0.1, -0.05) is 24.3 Å². The zero-order valence-corrected chi connectivity index (χ0v) is 18.3. The van der Waals surface area contributed by atoms with Crippen molar-refractivity contribution in [3.63, 3.8) is 0 Å². The van der Waals surface area contributed by atoms with Crippen molar-refractivity contribution >= 4 is 5.91 Å². The first-order valence-electron chi connectivity index (χ1n) is 11.6. The molecule has 2 atom stereocenters. The molecule has 0 unspecified atom stereocenters. The standard InChI is InChI=1S/C25H31N3O3/c1-18(25(29)26-22-8-4-6-20-5-2-3-7-21(20)22)28-13-11-27(12-14-28)16-19-9-10-23-24(15-19)31-17-30-23/h2-3,5,7,9-10,15,18,22H,4,6,8,11-14,16-17H2,1H3,(H,26,29)/p+2/t18-,22-/m1/s1. The molecule has 0 saturated carbocycles. The van der Waals surface area contributed by atoms with E-state index in [1.54, 1.807) is 4.90 Å². The number of aryl methyl sites for hydroxylation is 1. The van der Waals surface area contributed by atoms with Gasteiger partial charge in [-0.25, -0.2) is 0 Å². The highest BCUT2D eigenvalue weighted by molar-refractivity contribution is 5.80. The molecule has 1 amide bonds. The van der Waals surface area contributed by atoms with Crippen LogP contribution >= 0.6 is 0 Å². The van der Waals surface area contributed by atoms with Gasteiger partial charge in [-0.15, -0.1) is 0 Å². The molecule has 0 radical (unpaired) electrons. The summed E-state index contributed by atoms with van der Waals surface area (Å²) in [5, 5.41) is 3.35. The number of nitrogens with one attached hydrogen (secondary N) is 3. The number of fused-ring (bicyclic) bond motifs is 2. The molecule has 2 aromatic rings. The van der Waals surface area contributed by atoms with E-state index in [2.05, 4.69) is 48.6 Å². The summed E-state index contributed by atoms with van der Waals surface area (Å²) < 4.78 is 10.9. The van der Waals surface area contributed by atoms with Crippen LogP contribution in [0.2, 0.25) is 0 Å². The highest BCUT2D eigenvalue weighted by atomic mass is 16.7. The molecule has 6 heteroatoms. The number of rotatable bonds is 5. The van der Waals surface area contributed by atoms with Crippen LogP contribution in [-0.4, -0.2) is 44.9 Å². The first-order valence-corrected chi connectivity index (χ1v) is 11.6. The zero-order valence-electron chi connectivity index (χ0n) is 18.3. The van der Waals surface area contributed by atoms with E-state index in [-0.39, 0.29) is 18.0 Å². The summed E-state index contributed by atoms with van der Waals surface area (Å²) >= 11 is 0. The number of amides is 1. The maximum atomic E-state index is 13.0. The van der Waals surface area contributed by atoms with Crippen molar-refractivity contribution in [2.75, 3.05) is 33.0 Å². The van der Waals surface area contributed by atoms with E-state index in [1.807, 2.05) is 6.07 Å². The van der Waals surface area contributed by atoms with Crippen LogP contribution in [0.3, 0.4) is 0 Å². The van der Waals surface area contributed by atoms with Crippen molar-refractivity contribution < 1.29 is 24.1 Å². The molecule has 5 rings (SSSR count). The highest BCUT2D eigenvalue weighted by Gasteiger charge is 2.33. The van der Waals surface area contributed by atoms with E-state index < -0.39 is 0 Å². The Morgan fingerprint density at radius 2 is 1.90 bits per heavy atom. The molecule has 0 aromatic heterocycles. The average molecular weight is 424 g/mol. The van der Waals surface area contributed by atoms with Gasteiger partial charge in [0, 0.05) is 5.56 Å². The predicted octanol–water partition coefficient (Wildman–Crippen LogP) is 0.281. The van der Waals surface area contributed by atoms with Gasteiger partial charge in [0.15, 0.2) is 17.5 Å². The van der Waals surface area contributed by atoms with Gasteiger partial charge in [0.1, 0.15) is 32.7 Å². The Labute approximate surface area is 184 Å². The number of piperazine rings is 1. The van der Waals surface area contributed by atoms with Crippen LogP contribution < -0.4 is 24.6 Å². The van der Waals surface area contributed by atoms with E-state index in [0.717, 1.165) is 63.5 Å². The van der Waals surface area contributed by atoms with E-state index in [0.29, 0.717) is 6.79 Å². The average Bonchev–Trinajstić information content (AvgIpc) is 3.27. The number of ether oxygens (including phenoxy) is 2. The second-order valence-corrected chi connectivity index (χ2v) is 9.15. The first kappa shape index (κ1) is 20.3. The summed E-state index contributed by atoms with van der Waals surface area (Å²) in [7, 11) is 0. The molecule has 3 N–H and O–H groups in total. The maximum Gasteiger partial charge on any atom is 0.278 e. The van der Waals surface area contributed by atoms with Crippen molar-refractivity contribution in [3.05, 3.63) is 59.2 Å². The van der Waals surface area contributed by atoms with Gasteiger partial charge in [-0.3, -0.25) is 4.79 Å². The SMILES string of the molecule is C[C@H](C(=O)N[C@@H]1CCCc2ccccc21)[NH+]1CC[NH+](Cc2ccc3c(c2)OCO3)CC1. The number of carbonyl (C=O) groups is 1. The van der Waals surface area contributed by atoms with Crippen LogP contribution in [0.4, 0.5) is 0 Å². The van der Waals surface area contributed by atoms with E-state index >= 15 is 0 Å². The summed E-state index contributed by atoms with van der Waals surface area (Å²) in [6, 6.07) is 15.0. The van der Waals surface area contributed by atoms with E-state index in [1.165, 1.54) is 21.6 Å². The fourth-order valence-electron chi connectivity index (χ4n) is 5.26. The van der Waals surface area contributed by atoms with Crippen molar-refractivity contribution in [2.24, 2.45) is 0 Å². The van der Waals surface area contributed by atoms with Crippen molar-refractivity contribution in [1.82, 2.24) is 5.32 Å². The fourth-order valence-corrected chi connectivity index (χ4v) is 5.26. The van der Waals surface area contributed by atoms with Gasteiger partial charge in [0.05, 0.1) is 6.04 Å². The predicted molar refractivity (Wildman–Crippen MR) is 117 cm³/mol. The van der Waals surface area contributed by atoms with Gasteiger partial charge in [0.25, 0.3) is 5.91 Å². The number of hydrogen-bond donors (Lipinski definition) is 3. The van der Waals surface area contributed by atoms with Crippen molar-refractivity contribution in [3.8, 4) is 11.5 Å². The lowest BCUT2D eigenvalue weighted by Gasteiger charge is -2.34. The van der Waals surface area contributed by atoms with Crippen molar-refractivity contribution in [2.45, 2.75) is 44.8 Å². The largest absolute Gasteiger partial charge is 0.454 e. The molecule has 6 nitrogen and oxygen atoms in total. The molecular formula is C25H33N3O3+2. The second-order valence-electron chi connectivity index (χ2n) is 9.15. The lowest BCUT2D eigenvalue weighted by Crippen LogP contribution is -3.29. The Kier molecular flexibility index (Phi) is 5.83. The number of carbonyl (C=O) groups excluding carboxylic acids is 1. The first-order chi connectivity index (χ1) is 15.2. The summed E-state index contributed by atoms with van der Waals surface area (Å²) in [5.41, 5.74) is 3.98. The molecule has 31 heavy (non-hydrogen) atoms. The lowest BCUT2D eigenvalue weighted by atomic mass is 9.87. The molecule has 1 saturated heterocycles. The zero-order chi connectivity index (χ0) is 21.2. The molecule has 1 fully saturated rings. The van der Waals surface area contributed by atoms with Gasteiger partial charge in [0.2, 0.25) is 6.79 Å². The molecule has 164 valence electrons. The molecule has 2 heterocycles. The van der Waals surface area contributed by atoms with Crippen LogP contribution in [0.15, 0.2) is 42.5 Å². The molecule has 0 spiro atoms. The molecular weight excluding hydrogens is 390 g/mol. The minimum atomic E-state index is -0.0128. The molecule has 1 aliphatic carbocycles. The Balaban J connectivity index is 1.13. The second kappa shape index (κ2) is 8.89. The Morgan fingerprint density at radius 3 is 2.77 bits per heavy atom. The maximum absolute atomic E-state index is 13.0. The third kappa shape index (κ3) is 4.41. The topological polar surface area (TPSA) is 56.4 Å². The summed E-state index contributed by atoms with van der Waals surface area (Å²) in [4.78, 5) is 16.0. The number of quaternary nitrogens is 2. The van der Waals surface area contributed by atoms with Gasteiger partial charge in [-0.05, 0) is 55.5 Å². The summed E-state index contributed by atoms with van der Waals surface area (Å²) in [6.07, 6.45) is 3.31. The van der Waals surface area contributed by atoms with Crippen LogP contribution in [0.5, 0.6) is 11.5 Å². The lowest BCUT2D eigenvalue weighted by molar-refractivity contribution is -1.02. The normalized spacial score (nSPS) is 25.5. The molecule has 2 aromatic carbocycles. The smallest absolute Gasteiger partial charge is 0.278 e. The van der Waals surface area contributed by atoms with Crippen LogP contribution in [-0.2, 0) is 17.8 Å². The Bertz CT molecular complexity index is 939. The van der Waals surface area contributed by atoms with Gasteiger partial charge >= 0.3 is 0 Å². The highest BCUT2D eigenvalue weighted by Crippen LogP contribution is 2.32. The van der Waals surface area contributed by atoms with E-state index in [4.69, 9.17) is 9.47 Å².